The van der Waals surface area contributed by atoms with Crippen LogP contribution >= 0.6 is 11.6 Å². The molecule has 0 unspecified atom stereocenters. The number of nitrogens with zero attached hydrogens (tertiary/aromatic N) is 1. The summed E-state index contributed by atoms with van der Waals surface area (Å²) >= 11 is 5.71. The predicted octanol–water partition coefficient (Wildman–Crippen LogP) is 4.71. The third-order valence-electron chi connectivity index (χ3n) is 3.63. The van der Waals surface area contributed by atoms with E-state index in [0.717, 1.165) is 37.1 Å². The van der Waals surface area contributed by atoms with Crippen molar-refractivity contribution in [3.63, 3.8) is 0 Å². The normalized spacial score (nSPS) is 10.3. The number of alkyl halides is 1. The molecule has 21 heavy (non-hydrogen) atoms. The highest BCUT2D eigenvalue weighted by atomic mass is 35.5. The van der Waals surface area contributed by atoms with Crippen LogP contribution in [0.1, 0.15) is 28.7 Å². The van der Waals surface area contributed by atoms with Crippen LogP contribution in [0.2, 0.25) is 0 Å². The van der Waals surface area contributed by atoms with Crippen LogP contribution in [0.15, 0.2) is 48.5 Å². The summed E-state index contributed by atoms with van der Waals surface area (Å²) in [7, 11) is 0. The van der Waals surface area contributed by atoms with Gasteiger partial charge in [0.05, 0.1) is 12.5 Å². The molecule has 0 bridgehead atoms. The van der Waals surface area contributed by atoms with Gasteiger partial charge in [-0.15, -0.1) is 11.6 Å². The van der Waals surface area contributed by atoms with Crippen LogP contribution in [-0.4, -0.2) is 5.88 Å². The Hall–Kier alpha value is -1.78. The van der Waals surface area contributed by atoms with Gasteiger partial charge < -0.3 is 0 Å². The van der Waals surface area contributed by atoms with E-state index in [9.17, 15) is 0 Å². The van der Waals surface area contributed by atoms with E-state index >= 15 is 0 Å². The third-order valence-corrected chi connectivity index (χ3v) is 3.90. The lowest BCUT2D eigenvalue weighted by Gasteiger charge is -2.05. The molecule has 0 aliphatic rings. The smallest absolute Gasteiger partial charge is 0.0669 e. The van der Waals surface area contributed by atoms with E-state index in [1.165, 1.54) is 16.7 Å². The van der Waals surface area contributed by atoms with E-state index in [0.29, 0.717) is 6.42 Å². The first-order chi connectivity index (χ1) is 10.3. The van der Waals surface area contributed by atoms with Gasteiger partial charge in [0.1, 0.15) is 0 Å². The monoisotopic (exact) mass is 297 g/mol. The molecule has 1 nitrogen and oxygen atoms in total. The highest BCUT2D eigenvalue weighted by molar-refractivity contribution is 6.17. The fraction of sp³-hybridized carbons (Fsp3) is 0.316. The summed E-state index contributed by atoms with van der Waals surface area (Å²) in [5.74, 6) is 0.726. The maximum Gasteiger partial charge on any atom is 0.0669 e. The second kappa shape index (κ2) is 8.49. The van der Waals surface area contributed by atoms with Crippen LogP contribution in [0.4, 0.5) is 0 Å². The Kier molecular flexibility index (Phi) is 6.31. The van der Waals surface area contributed by atoms with Gasteiger partial charge in [-0.05, 0) is 47.9 Å². The van der Waals surface area contributed by atoms with Crippen LogP contribution in [0, 0.1) is 11.3 Å². The van der Waals surface area contributed by atoms with Gasteiger partial charge in [0.15, 0.2) is 0 Å². The van der Waals surface area contributed by atoms with Crippen molar-refractivity contribution < 1.29 is 0 Å². The van der Waals surface area contributed by atoms with Gasteiger partial charge in [-0.25, -0.2) is 0 Å². The molecule has 0 N–H and O–H groups in total. The number of nitriles is 1. The lowest BCUT2D eigenvalue weighted by molar-refractivity contribution is 0.919. The fourth-order valence-electron chi connectivity index (χ4n) is 2.35. The van der Waals surface area contributed by atoms with Crippen LogP contribution in [-0.2, 0) is 25.7 Å². The van der Waals surface area contributed by atoms with Crippen molar-refractivity contribution in [3.8, 4) is 6.07 Å². The van der Waals surface area contributed by atoms with E-state index in [2.05, 4.69) is 42.5 Å². The number of hydrogen-bond donors (Lipinski definition) is 0. The minimum absolute atomic E-state index is 0.490. The van der Waals surface area contributed by atoms with Crippen molar-refractivity contribution in [2.24, 2.45) is 0 Å². The molecule has 0 aliphatic carbocycles. The Balaban J connectivity index is 1.86. The first kappa shape index (κ1) is 15.6. The minimum atomic E-state index is 0.490. The molecule has 108 valence electrons. The van der Waals surface area contributed by atoms with Gasteiger partial charge in [-0.2, -0.15) is 5.26 Å². The minimum Gasteiger partial charge on any atom is -0.198 e. The summed E-state index contributed by atoms with van der Waals surface area (Å²) in [5, 5.41) is 8.66. The Morgan fingerprint density at radius 1 is 0.714 bits per heavy atom. The van der Waals surface area contributed by atoms with Crippen LogP contribution in [0.3, 0.4) is 0 Å². The average molecular weight is 298 g/mol. The molecule has 0 aliphatic heterocycles. The van der Waals surface area contributed by atoms with E-state index in [1.54, 1.807) is 0 Å². The summed E-state index contributed by atoms with van der Waals surface area (Å²) in [6.45, 7) is 0. The number of aryl methyl sites for hydroxylation is 3. The molecule has 2 aromatic carbocycles. The standard InChI is InChI=1S/C19H20ClN/c20-14-1-2-16-3-5-17(6-4-16)7-8-18-9-11-19(12-10-18)13-15-21/h3-6,9-12H,1-2,7-8,13-14H2. The van der Waals surface area contributed by atoms with E-state index in [-0.39, 0.29) is 0 Å². The van der Waals surface area contributed by atoms with Gasteiger partial charge >= 0.3 is 0 Å². The Morgan fingerprint density at radius 2 is 1.14 bits per heavy atom. The summed E-state index contributed by atoms with van der Waals surface area (Å²) in [6, 6.07) is 19.4. The Bertz CT molecular complexity index is 578. The molecular formula is C19H20ClN. The van der Waals surface area contributed by atoms with Gasteiger partial charge in [-0.1, -0.05) is 48.5 Å². The molecule has 0 saturated heterocycles. The van der Waals surface area contributed by atoms with Crippen molar-refractivity contribution >= 4 is 11.6 Å². The average Bonchev–Trinajstić information content (AvgIpc) is 2.53. The molecule has 0 radical (unpaired) electrons. The van der Waals surface area contributed by atoms with E-state index < -0.39 is 0 Å². The zero-order valence-corrected chi connectivity index (χ0v) is 12.9. The molecule has 0 fully saturated rings. The summed E-state index contributed by atoms with van der Waals surface area (Å²) in [4.78, 5) is 0. The lowest BCUT2D eigenvalue weighted by atomic mass is 10.0. The molecule has 2 aromatic rings. The predicted molar refractivity (Wildman–Crippen MR) is 88.7 cm³/mol. The zero-order chi connectivity index (χ0) is 14.9. The maximum atomic E-state index is 8.66. The number of benzene rings is 2. The highest BCUT2D eigenvalue weighted by Crippen LogP contribution is 2.12. The molecular weight excluding hydrogens is 278 g/mol. The molecule has 0 amide bonds. The molecule has 0 heterocycles. The summed E-state index contributed by atoms with van der Waals surface area (Å²) in [6.07, 6.45) is 4.67. The van der Waals surface area contributed by atoms with Gasteiger partial charge in [0.25, 0.3) is 0 Å². The van der Waals surface area contributed by atoms with Crippen molar-refractivity contribution in [1.29, 1.82) is 5.26 Å². The Morgan fingerprint density at radius 3 is 1.57 bits per heavy atom. The van der Waals surface area contributed by atoms with Crippen LogP contribution < -0.4 is 0 Å². The quantitative estimate of drug-likeness (QED) is 0.679. The van der Waals surface area contributed by atoms with Crippen molar-refractivity contribution in [2.75, 3.05) is 5.88 Å². The topological polar surface area (TPSA) is 23.8 Å². The van der Waals surface area contributed by atoms with Crippen molar-refractivity contribution in [1.82, 2.24) is 0 Å². The van der Waals surface area contributed by atoms with E-state index in [1.807, 2.05) is 12.1 Å². The first-order valence-electron chi connectivity index (χ1n) is 7.40. The molecule has 0 aromatic heterocycles. The van der Waals surface area contributed by atoms with E-state index in [4.69, 9.17) is 16.9 Å². The summed E-state index contributed by atoms with van der Waals surface area (Å²) < 4.78 is 0. The third kappa shape index (κ3) is 5.25. The number of halogens is 1. The van der Waals surface area contributed by atoms with Gasteiger partial charge in [0.2, 0.25) is 0 Å². The van der Waals surface area contributed by atoms with Crippen LogP contribution in [0.25, 0.3) is 0 Å². The number of hydrogen-bond acceptors (Lipinski definition) is 1. The zero-order valence-electron chi connectivity index (χ0n) is 12.2. The molecule has 2 rings (SSSR count). The highest BCUT2D eigenvalue weighted by Gasteiger charge is 1.98. The molecule has 0 saturated carbocycles. The van der Waals surface area contributed by atoms with Crippen LogP contribution in [0.5, 0.6) is 0 Å². The SMILES string of the molecule is N#CCc1ccc(CCc2ccc(CCCCl)cc2)cc1. The fourth-order valence-corrected chi connectivity index (χ4v) is 2.48. The van der Waals surface area contributed by atoms with Gasteiger partial charge in [0, 0.05) is 5.88 Å². The molecule has 0 spiro atoms. The molecule has 2 heteroatoms. The largest absolute Gasteiger partial charge is 0.198 e. The second-order valence-corrected chi connectivity index (χ2v) is 5.64. The Labute approximate surface area is 132 Å². The maximum absolute atomic E-state index is 8.66. The van der Waals surface area contributed by atoms with Gasteiger partial charge in [-0.3, -0.25) is 0 Å². The number of rotatable bonds is 7. The first-order valence-corrected chi connectivity index (χ1v) is 7.94. The summed E-state index contributed by atoms with van der Waals surface area (Å²) in [5.41, 5.74) is 5.14. The molecule has 0 atom stereocenters. The second-order valence-electron chi connectivity index (χ2n) is 5.26. The lowest BCUT2D eigenvalue weighted by Crippen LogP contribution is -1.93. The van der Waals surface area contributed by atoms with Crippen molar-refractivity contribution in [2.45, 2.75) is 32.1 Å². The van der Waals surface area contributed by atoms with Crippen molar-refractivity contribution in [3.05, 3.63) is 70.8 Å².